The van der Waals surface area contributed by atoms with E-state index in [9.17, 15) is 4.79 Å². The summed E-state index contributed by atoms with van der Waals surface area (Å²) >= 11 is 0. The molecule has 1 amide bonds. The Labute approximate surface area is 176 Å². The summed E-state index contributed by atoms with van der Waals surface area (Å²) in [6.45, 7) is 2.86. The van der Waals surface area contributed by atoms with Crippen LogP contribution in [0, 0.1) is 17.8 Å². The topological polar surface area (TPSA) is 78.1 Å². The molecule has 4 aliphatic rings. The molecule has 2 aromatic heterocycles. The van der Waals surface area contributed by atoms with E-state index in [1.54, 1.807) is 10.9 Å². The second-order valence-corrected chi connectivity index (χ2v) is 9.77. The fourth-order valence-corrected chi connectivity index (χ4v) is 5.25. The van der Waals surface area contributed by atoms with E-state index in [2.05, 4.69) is 26.3 Å². The lowest BCUT2D eigenvalue weighted by molar-refractivity contribution is -0.131. The van der Waals surface area contributed by atoms with Crippen molar-refractivity contribution in [2.24, 2.45) is 17.8 Å². The number of hydrogen-bond acceptors (Lipinski definition) is 5. The average molecular weight is 411 g/mol. The normalized spacial score (nSPS) is 31.1. The Morgan fingerprint density at radius 2 is 1.97 bits per heavy atom. The average Bonchev–Trinajstić information content (AvgIpc) is 3.61. The number of amides is 1. The summed E-state index contributed by atoms with van der Waals surface area (Å²) in [4.78, 5) is 14.8. The van der Waals surface area contributed by atoms with Crippen LogP contribution >= 0.6 is 0 Å². The second kappa shape index (κ2) is 7.48. The highest BCUT2D eigenvalue weighted by atomic mass is 16.5. The molecule has 8 heteroatoms. The first-order valence-corrected chi connectivity index (χ1v) is 11.5. The predicted molar refractivity (Wildman–Crippen MR) is 109 cm³/mol. The van der Waals surface area contributed by atoms with Crippen LogP contribution in [-0.4, -0.2) is 61.4 Å². The number of carbonyl (C=O) groups excluding carboxylic acids is 1. The van der Waals surface area contributed by atoms with E-state index < -0.39 is 0 Å². The standard InChI is InChI=1S/C22H30N6O2/c29-22(13-27-7-1-6-23-27)26-10-17-8-20(28-12-19(24-25-28)16-4-5-16)21(9-18(17)11-26)30-14-15-2-3-15/h1,6-7,12,15-18,20-21H,2-5,8-11,13-14H2/t17-,18+,20-,21-/m1/s1. The maximum absolute atomic E-state index is 12.8. The van der Waals surface area contributed by atoms with Gasteiger partial charge in [0.25, 0.3) is 0 Å². The molecule has 30 heavy (non-hydrogen) atoms. The highest BCUT2D eigenvalue weighted by Crippen LogP contribution is 2.44. The summed E-state index contributed by atoms with van der Waals surface area (Å²) in [6, 6.07) is 2.09. The third kappa shape index (κ3) is 3.77. The van der Waals surface area contributed by atoms with Gasteiger partial charge in [-0.3, -0.25) is 9.48 Å². The lowest BCUT2D eigenvalue weighted by Gasteiger charge is -2.37. The maximum atomic E-state index is 12.8. The minimum Gasteiger partial charge on any atom is -0.376 e. The van der Waals surface area contributed by atoms with Gasteiger partial charge in [0.2, 0.25) is 5.91 Å². The number of likely N-dealkylation sites (tertiary alicyclic amines) is 1. The number of aromatic nitrogens is 5. The molecule has 0 unspecified atom stereocenters. The van der Waals surface area contributed by atoms with Gasteiger partial charge in [-0.1, -0.05) is 5.21 Å². The minimum atomic E-state index is 0.164. The van der Waals surface area contributed by atoms with E-state index in [0.29, 0.717) is 24.3 Å². The molecule has 6 rings (SSSR count). The summed E-state index contributed by atoms with van der Waals surface area (Å²) in [5.74, 6) is 2.54. The molecule has 2 aromatic rings. The fraction of sp³-hybridized carbons (Fsp3) is 0.727. The zero-order chi connectivity index (χ0) is 20.1. The molecule has 0 bridgehead atoms. The second-order valence-electron chi connectivity index (χ2n) is 9.77. The SMILES string of the molecule is O=C(Cn1cccn1)N1C[C@H]2C[C@@H](n3cc(C4CC4)nn3)[C@H](OCC3CC3)C[C@H]2C1. The highest BCUT2D eigenvalue weighted by Gasteiger charge is 2.45. The largest absolute Gasteiger partial charge is 0.376 e. The van der Waals surface area contributed by atoms with Crippen LogP contribution in [0.25, 0.3) is 0 Å². The molecule has 3 heterocycles. The monoisotopic (exact) mass is 410 g/mol. The molecule has 0 spiro atoms. The van der Waals surface area contributed by atoms with Crippen molar-refractivity contribution in [1.29, 1.82) is 0 Å². The smallest absolute Gasteiger partial charge is 0.244 e. The first-order valence-electron chi connectivity index (χ1n) is 11.5. The van der Waals surface area contributed by atoms with Gasteiger partial charge in [-0.05, 0) is 62.3 Å². The molecule has 8 nitrogen and oxygen atoms in total. The van der Waals surface area contributed by atoms with Crippen molar-refractivity contribution in [2.45, 2.75) is 63.1 Å². The Morgan fingerprint density at radius 3 is 2.70 bits per heavy atom. The predicted octanol–water partition coefficient (Wildman–Crippen LogP) is 2.26. The zero-order valence-electron chi connectivity index (χ0n) is 17.3. The fourth-order valence-electron chi connectivity index (χ4n) is 5.25. The van der Waals surface area contributed by atoms with Crippen molar-refractivity contribution in [3.05, 3.63) is 30.4 Å². The summed E-state index contributed by atoms with van der Waals surface area (Å²) in [7, 11) is 0. The van der Waals surface area contributed by atoms with Gasteiger partial charge in [0.1, 0.15) is 6.54 Å². The molecule has 1 aliphatic heterocycles. The lowest BCUT2D eigenvalue weighted by Crippen LogP contribution is -2.38. The molecule has 4 fully saturated rings. The Kier molecular flexibility index (Phi) is 4.62. The van der Waals surface area contributed by atoms with Crippen LogP contribution < -0.4 is 0 Å². The van der Waals surface area contributed by atoms with E-state index in [4.69, 9.17) is 4.74 Å². The Hall–Kier alpha value is -2.22. The number of nitrogens with zero attached hydrogens (tertiary/aromatic N) is 6. The third-order valence-electron chi connectivity index (χ3n) is 7.40. The van der Waals surface area contributed by atoms with Gasteiger partial charge in [-0.25, -0.2) is 4.68 Å². The first kappa shape index (κ1) is 18.5. The van der Waals surface area contributed by atoms with Crippen molar-refractivity contribution in [3.63, 3.8) is 0 Å². The van der Waals surface area contributed by atoms with Crippen molar-refractivity contribution in [3.8, 4) is 0 Å². The minimum absolute atomic E-state index is 0.164. The summed E-state index contributed by atoms with van der Waals surface area (Å²) in [6.07, 6.45) is 13.0. The molecule has 0 aromatic carbocycles. The lowest BCUT2D eigenvalue weighted by atomic mass is 9.77. The molecule has 4 atom stereocenters. The van der Waals surface area contributed by atoms with E-state index in [0.717, 1.165) is 44.1 Å². The van der Waals surface area contributed by atoms with Gasteiger partial charge in [0, 0.05) is 44.2 Å². The maximum Gasteiger partial charge on any atom is 0.244 e. The summed E-state index contributed by atoms with van der Waals surface area (Å²) in [5.41, 5.74) is 1.14. The molecule has 1 saturated heterocycles. The van der Waals surface area contributed by atoms with Crippen LogP contribution in [0.5, 0.6) is 0 Å². The zero-order valence-corrected chi connectivity index (χ0v) is 17.3. The van der Waals surface area contributed by atoms with E-state index in [1.807, 2.05) is 17.2 Å². The van der Waals surface area contributed by atoms with Crippen LogP contribution in [0.1, 0.15) is 56.2 Å². The van der Waals surface area contributed by atoms with Crippen LogP contribution in [0.2, 0.25) is 0 Å². The molecule has 3 saturated carbocycles. The first-order chi connectivity index (χ1) is 14.7. The number of fused-ring (bicyclic) bond motifs is 1. The molecular weight excluding hydrogens is 380 g/mol. The molecule has 0 N–H and O–H groups in total. The molecule has 3 aliphatic carbocycles. The van der Waals surface area contributed by atoms with Gasteiger partial charge in [0.15, 0.2) is 0 Å². The van der Waals surface area contributed by atoms with Crippen LogP contribution in [-0.2, 0) is 16.1 Å². The van der Waals surface area contributed by atoms with Crippen molar-refractivity contribution >= 4 is 5.91 Å². The van der Waals surface area contributed by atoms with E-state index in [1.165, 1.54) is 25.7 Å². The number of hydrogen-bond donors (Lipinski definition) is 0. The summed E-state index contributed by atoms with van der Waals surface area (Å²) < 4.78 is 10.2. The quantitative estimate of drug-likeness (QED) is 0.700. The van der Waals surface area contributed by atoms with Crippen LogP contribution in [0.4, 0.5) is 0 Å². The third-order valence-corrected chi connectivity index (χ3v) is 7.40. The summed E-state index contributed by atoms with van der Waals surface area (Å²) in [5, 5.41) is 13.1. The Balaban J connectivity index is 1.16. The van der Waals surface area contributed by atoms with E-state index >= 15 is 0 Å². The van der Waals surface area contributed by atoms with Gasteiger partial charge in [-0.2, -0.15) is 5.10 Å². The number of ether oxygens (including phenoxy) is 1. The van der Waals surface area contributed by atoms with Crippen LogP contribution in [0.15, 0.2) is 24.7 Å². The molecule has 0 radical (unpaired) electrons. The Morgan fingerprint density at radius 1 is 1.13 bits per heavy atom. The molecule has 160 valence electrons. The van der Waals surface area contributed by atoms with Gasteiger partial charge in [-0.15, -0.1) is 5.10 Å². The van der Waals surface area contributed by atoms with Crippen molar-refractivity contribution < 1.29 is 9.53 Å². The molecular formula is C22H30N6O2. The number of rotatable bonds is 7. The highest BCUT2D eigenvalue weighted by molar-refractivity contribution is 5.76. The number of carbonyl (C=O) groups is 1. The van der Waals surface area contributed by atoms with Gasteiger partial charge >= 0.3 is 0 Å². The Bertz CT molecular complexity index is 887. The van der Waals surface area contributed by atoms with Gasteiger partial charge < -0.3 is 9.64 Å². The van der Waals surface area contributed by atoms with Crippen molar-refractivity contribution in [2.75, 3.05) is 19.7 Å². The van der Waals surface area contributed by atoms with Crippen LogP contribution in [0.3, 0.4) is 0 Å². The van der Waals surface area contributed by atoms with Gasteiger partial charge in [0.05, 0.1) is 17.8 Å². The van der Waals surface area contributed by atoms with Crippen molar-refractivity contribution in [1.82, 2.24) is 29.7 Å². The van der Waals surface area contributed by atoms with E-state index in [-0.39, 0.29) is 18.1 Å².